The molecule has 0 amide bonds. The highest BCUT2D eigenvalue weighted by Crippen LogP contribution is 2.32. The SMILES string of the molecule is CNc1ccc([N+](=O)[O-])c(-c2csc(C)c2)n1. The van der Waals surface area contributed by atoms with Crippen LogP contribution in [-0.2, 0) is 0 Å². The first-order valence-electron chi connectivity index (χ1n) is 5.00. The number of anilines is 1. The molecule has 0 unspecified atom stereocenters. The van der Waals surface area contributed by atoms with Crippen molar-refractivity contribution < 1.29 is 4.92 Å². The minimum atomic E-state index is -0.408. The Morgan fingerprint density at radius 2 is 2.24 bits per heavy atom. The van der Waals surface area contributed by atoms with Gasteiger partial charge in [0.05, 0.1) is 4.92 Å². The van der Waals surface area contributed by atoms with E-state index >= 15 is 0 Å². The van der Waals surface area contributed by atoms with Crippen LogP contribution in [0.2, 0.25) is 0 Å². The normalized spacial score (nSPS) is 10.2. The van der Waals surface area contributed by atoms with E-state index in [9.17, 15) is 10.1 Å². The molecule has 0 aromatic carbocycles. The molecule has 88 valence electrons. The zero-order valence-electron chi connectivity index (χ0n) is 9.43. The average molecular weight is 249 g/mol. The minimum absolute atomic E-state index is 0.0294. The van der Waals surface area contributed by atoms with Gasteiger partial charge < -0.3 is 5.32 Å². The number of aromatic nitrogens is 1. The van der Waals surface area contributed by atoms with E-state index in [1.54, 1.807) is 24.5 Å². The highest BCUT2D eigenvalue weighted by atomic mass is 32.1. The van der Waals surface area contributed by atoms with Gasteiger partial charge in [-0.25, -0.2) is 4.98 Å². The summed E-state index contributed by atoms with van der Waals surface area (Å²) in [7, 11) is 1.73. The first kappa shape index (κ1) is 11.5. The molecule has 0 aliphatic carbocycles. The summed E-state index contributed by atoms with van der Waals surface area (Å²) in [5.74, 6) is 0.620. The van der Waals surface area contributed by atoms with Gasteiger partial charge in [-0.15, -0.1) is 11.3 Å². The molecule has 0 fully saturated rings. The van der Waals surface area contributed by atoms with Crippen LogP contribution in [0.25, 0.3) is 11.3 Å². The number of nitrogens with one attached hydrogen (secondary N) is 1. The molecule has 2 heterocycles. The number of aryl methyl sites for hydroxylation is 1. The molecule has 0 saturated heterocycles. The summed E-state index contributed by atoms with van der Waals surface area (Å²) >= 11 is 1.55. The summed E-state index contributed by atoms with van der Waals surface area (Å²) in [6, 6.07) is 4.97. The van der Waals surface area contributed by atoms with Crippen molar-refractivity contribution in [3.63, 3.8) is 0 Å². The fourth-order valence-corrected chi connectivity index (χ4v) is 2.21. The topological polar surface area (TPSA) is 68.1 Å². The van der Waals surface area contributed by atoms with E-state index in [2.05, 4.69) is 10.3 Å². The van der Waals surface area contributed by atoms with Crippen molar-refractivity contribution in [1.29, 1.82) is 0 Å². The van der Waals surface area contributed by atoms with Gasteiger partial charge in [0.2, 0.25) is 0 Å². The summed E-state index contributed by atoms with van der Waals surface area (Å²) in [6.45, 7) is 1.96. The third-order valence-electron chi connectivity index (χ3n) is 2.33. The van der Waals surface area contributed by atoms with Gasteiger partial charge in [-0.3, -0.25) is 10.1 Å². The monoisotopic (exact) mass is 249 g/mol. The second kappa shape index (κ2) is 4.50. The molecule has 17 heavy (non-hydrogen) atoms. The zero-order valence-corrected chi connectivity index (χ0v) is 10.2. The molecule has 2 aromatic rings. The number of pyridine rings is 1. The van der Waals surface area contributed by atoms with Crippen LogP contribution in [0.15, 0.2) is 23.6 Å². The van der Waals surface area contributed by atoms with Crippen molar-refractivity contribution in [2.75, 3.05) is 12.4 Å². The van der Waals surface area contributed by atoms with Crippen LogP contribution in [0, 0.1) is 17.0 Å². The van der Waals surface area contributed by atoms with Gasteiger partial charge in [0, 0.05) is 28.9 Å². The molecule has 6 heteroatoms. The molecular formula is C11H11N3O2S. The molecule has 0 radical (unpaired) electrons. The van der Waals surface area contributed by atoms with Gasteiger partial charge in [0.15, 0.2) is 5.69 Å². The lowest BCUT2D eigenvalue weighted by Crippen LogP contribution is -1.98. The van der Waals surface area contributed by atoms with E-state index < -0.39 is 4.92 Å². The van der Waals surface area contributed by atoms with Crippen molar-refractivity contribution >= 4 is 22.8 Å². The molecule has 5 nitrogen and oxygen atoms in total. The second-order valence-corrected chi connectivity index (χ2v) is 4.63. The summed E-state index contributed by atoms with van der Waals surface area (Å²) in [4.78, 5) is 15.9. The van der Waals surface area contributed by atoms with Crippen molar-refractivity contribution in [2.24, 2.45) is 0 Å². The first-order valence-corrected chi connectivity index (χ1v) is 5.88. The number of nitro groups is 1. The summed E-state index contributed by atoms with van der Waals surface area (Å²) in [6.07, 6.45) is 0. The largest absolute Gasteiger partial charge is 0.373 e. The predicted octanol–water partition coefficient (Wildman–Crippen LogP) is 3.07. The highest BCUT2D eigenvalue weighted by molar-refractivity contribution is 7.10. The molecular weight excluding hydrogens is 238 g/mol. The summed E-state index contributed by atoms with van der Waals surface area (Å²) in [5.41, 5.74) is 1.23. The van der Waals surface area contributed by atoms with Gasteiger partial charge in [0.25, 0.3) is 5.69 Å². The number of nitrogens with zero attached hydrogens (tertiary/aromatic N) is 2. The molecule has 0 aliphatic rings. The van der Waals surface area contributed by atoms with Crippen molar-refractivity contribution in [2.45, 2.75) is 6.92 Å². The maximum atomic E-state index is 11.0. The Morgan fingerprint density at radius 1 is 1.47 bits per heavy atom. The number of rotatable bonds is 3. The predicted molar refractivity (Wildman–Crippen MR) is 68.5 cm³/mol. The van der Waals surface area contributed by atoms with E-state index in [4.69, 9.17) is 0 Å². The van der Waals surface area contributed by atoms with Gasteiger partial charge >= 0.3 is 0 Å². The first-order chi connectivity index (χ1) is 8.11. The van der Waals surface area contributed by atoms with E-state index in [1.807, 2.05) is 18.4 Å². The average Bonchev–Trinajstić information content (AvgIpc) is 2.75. The van der Waals surface area contributed by atoms with Crippen LogP contribution in [0.4, 0.5) is 11.5 Å². The Hall–Kier alpha value is -1.95. The smallest absolute Gasteiger partial charge is 0.295 e. The third kappa shape index (κ3) is 2.26. The Labute approximate surface area is 102 Å². The number of hydrogen-bond acceptors (Lipinski definition) is 5. The lowest BCUT2D eigenvalue weighted by atomic mass is 10.2. The maximum absolute atomic E-state index is 11.0. The molecule has 0 saturated carbocycles. The van der Waals surface area contributed by atoms with Gasteiger partial charge in [-0.1, -0.05) is 0 Å². The molecule has 2 aromatic heterocycles. The van der Waals surface area contributed by atoms with Crippen molar-refractivity contribution in [1.82, 2.24) is 4.98 Å². The quantitative estimate of drug-likeness (QED) is 0.670. The van der Waals surface area contributed by atoms with Gasteiger partial charge in [0.1, 0.15) is 5.82 Å². The minimum Gasteiger partial charge on any atom is -0.373 e. The third-order valence-corrected chi connectivity index (χ3v) is 3.19. The summed E-state index contributed by atoms with van der Waals surface area (Å²) < 4.78 is 0. The van der Waals surface area contributed by atoms with Crippen LogP contribution in [-0.4, -0.2) is 17.0 Å². The van der Waals surface area contributed by atoms with Crippen molar-refractivity contribution in [3.05, 3.63) is 38.6 Å². The Kier molecular flexibility index (Phi) is 3.06. The number of hydrogen-bond donors (Lipinski definition) is 1. The van der Waals surface area contributed by atoms with Crippen LogP contribution in [0.5, 0.6) is 0 Å². The fraction of sp³-hybridized carbons (Fsp3) is 0.182. The van der Waals surface area contributed by atoms with Crippen LogP contribution in [0.1, 0.15) is 4.88 Å². The van der Waals surface area contributed by atoms with E-state index in [0.717, 1.165) is 10.4 Å². The Bertz CT molecular complexity index is 566. The molecule has 0 spiro atoms. The standard InChI is InChI=1S/C11H11N3O2S/c1-7-5-8(6-17-7)11-9(14(15)16)3-4-10(12-2)13-11/h3-6H,1-2H3,(H,12,13). The molecule has 0 aliphatic heterocycles. The molecule has 2 rings (SSSR count). The Balaban J connectivity index is 2.60. The van der Waals surface area contributed by atoms with Crippen LogP contribution in [0.3, 0.4) is 0 Å². The molecule has 1 N–H and O–H groups in total. The van der Waals surface area contributed by atoms with E-state index in [1.165, 1.54) is 6.07 Å². The van der Waals surface area contributed by atoms with Crippen LogP contribution < -0.4 is 5.32 Å². The maximum Gasteiger partial charge on any atom is 0.295 e. The molecule has 0 bridgehead atoms. The second-order valence-electron chi connectivity index (χ2n) is 3.52. The lowest BCUT2D eigenvalue weighted by molar-refractivity contribution is -0.384. The summed E-state index contributed by atoms with van der Waals surface area (Å²) in [5, 5.41) is 15.7. The van der Waals surface area contributed by atoms with Crippen molar-refractivity contribution in [3.8, 4) is 11.3 Å². The highest BCUT2D eigenvalue weighted by Gasteiger charge is 2.18. The Morgan fingerprint density at radius 3 is 2.76 bits per heavy atom. The zero-order chi connectivity index (χ0) is 12.4. The van der Waals surface area contributed by atoms with Gasteiger partial charge in [-0.05, 0) is 19.1 Å². The van der Waals surface area contributed by atoms with Crippen LogP contribution >= 0.6 is 11.3 Å². The van der Waals surface area contributed by atoms with E-state index in [-0.39, 0.29) is 5.69 Å². The van der Waals surface area contributed by atoms with E-state index in [0.29, 0.717) is 11.5 Å². The fourth-order valence-electron chi connectivity index (χ4n) is 1.52. The number of thiophene rings is 1. The lowest BCUT2D eigenvalue weighted by Gasteiger charge is -2.03. The molecule has 0 atom stereocenters. The van der Waals surface area contributed by atoms with Gasteiger partial charge in [-0.2, -0.15) is 0 Å².